The van der Waals surface area contributed by atoms with Crippen LogP contribution >= 0.6 is 0 Å². The van der Waals surface area contributed by atoms with Gasteiger partial charge in [-0.25, -0.2) is 4.79 Å². The number of aryl methyl sites for hydroxylation is 1. The van der Waals surface area contributed by atoms with Gasteiger partial charge in [0, 0.05) is 0 Å². The fraction of sp³-hybridized carbons (Fsp3) is 0.500. The zero-order chi connectivity index (χ0) is 12.7. The maximum absolute atomic E-state index is 11.5. The van der Waals surface area contributed by atoms with Crippen molar-refractivity contribution in [3.8, 4) is 5.75 Å². The van der Waals surface area contributed by atoms with E-state index in [-0.39, 0.29) is 5.97 Å². The molecule has 1 aromatic carbocycles. The lowest BCUT2D eigenvalue weighted by molar-refractivity contribution is -0.151. The van der Waals surface area contributed by atoms with E-state index in [9.17, 15) is 4.79 Å². The number of carbonyl (C=O) groups excluding carboxylic acids is 1. The summed E-state index contributed by atoms with van der Waals surface area (Å²) >= 11 is 0. The molecule has 0 amide bonds. The molecule has 0 fully saturated rings. The van der Waals surface area contributed by atoms with Crippen molar-refractivity contribution in [1.29, 1.82) is 0 Å². The highest BCUT2D eigenvalue weighted by Gasteiger charge is 2.15. The van der Waals surface area contributed by atoms with Gasteiger partial charge in [0.15, 0.2) is 6.10 Å². The molecule has 1 unspecified atom stereocenters. The monoisotopic (exact) mass is 236 g/mol. The summed E-state index contributed by atoms with van der Waals surface area (Å²) in [7, 11) is 0. The van der Waals surface area contributed by atoms with E-state index in [0.717, 1.165) is 18.4 Å². The molecule has 0 aromatic heterocycles. The zero-order valence-electron chi connectivity index (χ0n) is 10.7. The third-order valence-electron chi connectivity index (χ3n) is 2.41. The molecule has 0 spiro atoms. The van der Waals surface area contributed by atoms with Gasteiger partial charge in [0.2, 0.25) is 0 Å². The van der Waals surface area contributed by atoms with E-state index < -0.39 is 6.10 Å². The summed E-state index contributed by atoms with van der Waals surface area (Å²) < 4.78 is 10.6. The highest BCUT2D eigenvalue weighted by molar-refractivity contribution is 5.74. The van der Waals surface area contributed by atoms with Gasteiger partial charge in [-0.3, -0.25) is 0 Å². The van der Waals surface area contributed by atoms with Gasteiger partial charge < -0.3 is 9.47 Å². The van der Waals surface area contributed by atoms with E-state index in [1.54, 1.807) is 6.92 Å². The first-order valence-electron chi connectivity index (χ1n) is 6.03. The first kappa shape index (κ1) is 13.6. The highest BCUT2D eigenvalue weighted by atomic mass is 16.6. The van der Waals surface area contributed by atoms with E-state index in [1.165, 1.54) is 0 Å². The number of unbranched alkanes of at least 4 members (excludes halogenated alkanes) is 1. The first-order chi connectivity index (χ1) is 8.13. The van der Waals surface area contributed by atoms with Crippen LogP contribution in [-0.2, 0) is 9.53 Å². The predicted molar refractivity (Wildman–Crippen MR) is 67.1 cm³/mol. The fourth-order valence-electron chi connectivity index (χ4n) is 1.30. The largest absolute Gasteiger partial charge is 0.479 e. The molecule has 0 N–H and O–H groups in total. The van der Waals surface area contributed by atoms with Gasteiger partial charge in [-0.1, -0.05) is 31.0 Å². The molecule has 3 nitrogen and oxygen atoms in total. The number of ether oxygens (including phenoxy) is 2. The molecule has 0 saturated carbocycles. The van der Waals surface area contributed by atoms with Gasteiger partial charge >= 0.3 is 5.97 Å². The molecule has 1 aromatic rings. The summed E-state index contributed by atoms with van der Waals surface area (Å²) in [5, 5.41) is 0. The second-order valence-electron chi connectivity index (χ2n) is 4.09. The number of rotatable bonds is 6. The van der Waals surface area contributed by atoms with Crippen molar-refractivity contribution in [1.82, 2.24) is 0 Å². The quantitative estimate of drug-likeness (QED) is 0.562. The SMILES string of the molecule is CCCCOC(=O)C(C)Oc1ccc(C)cc1. The number of benzene rings is 1. The second kappa shape index (κ2) is 6.94. The third-order valence-corrected chi connectivity index (χ3v) is 2.41. The number of esters is 1. The normalized spacial score (nSPS) is 11.9. The van der Waals surface area contributed by atoms with Crippen molar-refractivity contribution in [3.63, 3.8) is 0 Å². The average molecular weight is 236 g/mol. The highest BCUT2D eigenvalue weighted by Crippen LogP contribution is 2.13. The van der Waals surface area contributed by atoms with E-state index >= 15 is 0 Å². The smallest absolute Gasteiger partial charge is 0.347 e. The Morgan fingerprint density at radius 2 is 1.94 bits per heavy atom. The third kappa shape index (κ3) is 4.89. The fourth-order valence-corrected chi connectivity index (χ4v) is 1.30. The van der Waals surface area contributed by atoms with Crippen molar-refractivity contribution in [2.75, 3.05) is 6.61 Å². The lowest BCUT2D eigenvalue weighted by Gasteiger charge is -2.13. The van der Waals surface area contributed by atoms with Crippen molar-refractivity contribution < 1.29 is 14.3 Å². The molecular formula is C14H20O3. The van der Waals surface area contributed by atoms with Gasteiger partial charge in [-0.05, 0) is 32.4 Å². The molecule has 0 heterocycles. The molecule has 0 radical (unpaired) electrons. The summed E-state index contributed by atoms with van der Waals surface area (Å²) in [4.78, 5) is 11.5. The Hall–Kier alpha value is -1.51. The van der Waals surface area contributed by atoms with Crippen LogP contribution in [0.4, 0.5) is 0 Å². The Morgan fingerprint density at radius 3 is 2.53 bits per heavy atom. The lowest BCUT2D eigenvalue weighted by Crippen LogP contribution is -2.26. The maximum atomic E-state index is 11.5. The minimum atomic E-state index is -0.561. The van der Waals surface area contributed by atoms with Gasteiger partial charge in [-0.15, -0.1) is 0 Å². The molecule has 94 valence electrons. The van der Waals surface area contributed by atoms with Gasteiger partial charge in [0.05, 0.1) is 6.61 Å². The van der Waals surface area contributed by atoms with Crippen LogP contribution in [0.3, 0.4) is 0 Å². The van der Waals surface area contributed by atoms with Crippen LogP contribution in [0.2, 0.25) is 0 Å². The van der Waals surface area contributed by atoms with E-state index in [2.05, 4.69) is 6.92 Å². The summed E-state index contributed by atoms with van der Waals surface area (Å²) in [5.41, 5.74) is 1.16. The Bertz CT molecular complexity index is 343. The first-order valence-corrected chi connectivity index (χ1v) is 6.03. The molecule has 3 heteroatoms. The minimum absolute atomic E-state index is 0.306. The number of hydrogen-bond donors (Lipinski definition) is 0. The van der Waals surface area contributed by atoms with Crippen LogP contribution in [-0.4, -0.2) is 18.7 Å². The molecule has 0 aliphatic rings. The Kier molecular flexibility index (Phi) is 5.53. The lowest BCUT2D eigenvalue weighted by atomic mass is 10.2. The molecule has 0 saturated heterocycles. The molecule has 1 rings (SSSR count). The van der Waals surface area contributed by atoms with Crippen LogP contribution in [0.5, 0.6) is 5.75 Å². The minimum Gasteiger partial charge on any atom is -0.479 e. The molecule has 1 atom stereocenters. The predicted octanol–water partition coefficient (Wildman–Crippen LogP) is 3.11. The maximum Gasteiger partial charge on any atom is 0.347 e. The van der Waals surface area contributed by atoms with Crippen LogP contribution in [0.15, 0.2) is 24.3 Å². The van der Waals surface area contributed by atoms with Crippen molar-refractivity contribution in [2.24, 2.45) is 0 Å². The topological polar surface area (TPSA) is 35.5 Å². The Balaban J connectivity index is 2.40. The summed E-state index contributed by atoms with van der Waals surface area (Å²) in [6.07, 6.45) is 1.35. The van der Waals surface area contributed by atoms with Gasteiger partial charge in [0.1, 0.15) is 5.75 Å². The molecule has 17 heavy (non-hydrogen) atoms. The summed E-state index contributed by atoms with van der Waals surface area (Å²) in [6.45, 7) is 6.23. The van der Waals surface area contributed by atoms with Crippen molar-refractivity contribution in [3.05, 3.63) is 29.8 Å². The standard InChI is InChI=1S/C14H20O3/c1-4-5-10-16-14(15)12(3)17-13-8-6-11(2)7-9-13/h6-9,12H,4-5,10H2,1-3H3. The van der Waals surface area contributed by atoms with Gasteiger partial charge in [-0.2, -0.15) is 0 Å². The molecule has 0 bridgehead atoms. The Labute approximate surface area is 103 Å². The van der Waals surface area contributed by atoms with Gasteiger partial charge in [0.25, 0.3) is 0 Å². The zero-order valence-corrected chi connectivity index (χ0v) is 10.7. The van der Waals surface area contributed by atoms with Crippen molar-refractivity contribution >= 4 is 5.97 Å². The molecular weight excluding hydrogens is 216 g/mol. The van der Waals surface area contributed by atoms with Crippen molar-refractivity contribution in [2.45, 2.75) is 39.7 Å². The van der Waals surface area contributed by atoms with Crippen LogP contribution < -0.4 is 4.74 Å². The average Bonchev–Trinajstić information content (AvgIpc) is 2.32. The van der Waals surface area contributed by atoms with Crippen LogP contribution in [0.1, 0.15) is 32.3 Å². The second-order valence-corrected chi connectivity index (χ2v) is 4.09. The van der Waals surface area contributed by atoms with Crippen LogP contribution in [0, 0.1) is 6.92 Å². The summed E-state index contributed by atoms with van der Waals surface area (Å²) in [5.74, 6) is 0.384. The van der Waals surface area contributed by atoms with Crippen LogP contribution in [0.25, 0.3) is 0 Å². The Morgan fingerprint density at radius 1 is 1.29 bits per heavy atom. The van der Waals surface area contributed by atoms with E-state index in [4.69, 9.17) is 9.47 Å². The molecule has 0 aliphatic carbocycles. The number of carbonyl (C=O) groups is 1. The summed E-state index contributed by atoms with van der Waals surface area (Å²) in [6, 6.07) is 7.60. The molecule has 0 aliphatic heterocycles. The van der Waals surface area contributed by atoms with E-state index in [1.807, 2.05) is 31.2 Å². The number of hydrogen-bond acceptors (Lipinski definition) is 3. The van der Waals surface area contributed by atoms with E-state index in [0.29, 0.717) is 12.4 Å².